The molecule has 0 aliphatic rings. The van der Waals surface area contributed by atoms with Gasteiger partial charge in [-0.15, -0.1) is 5.10 Å². The molecule has 0 bridgehead atoms. The van der Waals surface area contributed by atoms with Crippen molar-refractivity contribution in [1.82, 2.24) is 25.5 Å². The van der Waals surface area contributed by atoms with E-state index in [0.29, 0.717) is 34.6 Å². The molecule has 4 aromatic carbocycles. The highest BCUT2D eigenvalue weighted by molar-refractivity contribution is 6.32. The van der Waals surface area contributed by atoms with Crippen molar-refractivity contribution >= 4 is 23.2 Å². The number of aromatic nitrogens is 4. The number of aromatic amines is 1. The fourth-order valence-corrected chi connectivity index (χ4v) is 4.30. The van der Waals surface area contributed by atoms with Gasteiger partial charge in [-0.3, -0.25) is 9.69 Å². The predicted octanol–water partition coefficient (Wildman–Crippen LogP) is 5.91. The van der Waals surface area contributed by atoms with E-state index in [-0.39, 0.29) is 19.1 Å². The highest BCUT2D eigenvalue weighted by Gasteiger charge is 2.27. The maximum absolute atomic E-state index is 13.3. The number of rotatable bonds is 12. The summed E-state index contributed by atoms with van der Waals surface area (Å²) in [5.74, 6) is 2.21. The van der Waals surface area contributed by atoms with Crippen LogP contribution in [0.5, 0.6) is 17.2 Å². The lowest BCUT2D eigenvalue weighted by Crippen LogP contribution is -2.39. The molecule has 1 heterocycles. The van der Waals surface area contributed by atoms with Crippen LogP contribution in [-0.2, 0) is 11.3 Å². The lowest BCUT2D eigenvalue weighted by Gasteiger charge is -2.29. The molecule has 1 atom stereocenters. The van der Waals surface area contributed by atoms with Gasteiger partial charge in [0.25, 0.3) is 0 Å². The fourth-order valence-electron chi connectivity index (χ4n) is 4.11. The third kappa shape index (κ3) is 7.43. The summed E-state index contributed by atoms with van der Waals surface area (Å²) in [6.45, 7) is 0.663. The zero-order chi connectivity index (χ0) is 27.6. The van der Waals surface area contributed by atoms with Crippen LogP contribution in [0.25, 0.3) is 0 Å². The van der Waals surface area contributed by atoms with Crippen LogP contribution >= 0.6 is 11.6 Å². The topological polar surface area (TPSA) is 105 Å². The number of hydrogen-bond donors (Lipinski definition) is 2. The molecule has 1 amide bonds. The first-order chi connectivity index (χ1) is 19.6. The Bertz CT molecular complexity index is 1490. The van der Waals surface area contributed by atoms with Crippen molar-refractivity contribution in [2.75, 3.05) is 18.5 Å². The van der Waals surface area contributed by atoms with Crippen LogP contribution in [0.15, 0.2) is 109 Å². The average molecular weight is 555 g/mol. The zero-order valence-electron chi connectivity index (χ0n) is 21.5. The smallest absolute Gasteiger partial charge is 0.238 e. The number of tetrazole rings is 1. The highest BCUT2D eigenvalue weighted by Crippen LogP contribution is 2.27. The minimum atomic E-state index is -0.473. The van der Waals surface area contributed by atoms with Gasteiger partial charge in [-0.25, -0.2) is 5.10 Å². The Kier molecular flexibility index (Phi) is 8.98. The summed E-state index contributed by atoms with van der Waals surface area (Å²) in [5.41, 5.74) is 1.67. The number of nitrogens with one attached hydrogen (secondary N) is 2. The number of benzene rings is 4. The number of anilines is 1. The average Bonchev–Trinajstić information content (AvgIpc) is 3.51. The second-order valence-electron chi connectivity index (χ2n) is 8.92. The van der Waals surface area contributed by atoms with Crippen LogP contribution in [0.4, 0.5) is 5.69 Å². The van der Waals surface area contributed by atoms with Crippen LogP contribution in [-0.4, -0.2) is 44.6 Å². The van der Waals surface area contributed by atoms with E-state index in [1.165, 1.54) is 0 Å². The Balaban J connectivity index is 1.31. The SMILES string of the molecule is O=C(CN(Cc1ccccc1)C(COc1ccccc1Cl)c1nnn[nH]1)Nc1ccc(Oc2ccccc2)cc1. The zero-order valence-corrected chi connectivity index (χ0v) is 22.2. The Morgan fingerprint density at radius 3 is 2.25 bits per heavy atom. The molecule has 9 nitrogen and oxygen atoms in total. The molecule has 5 rings (SSSR count). The number of para-hydroxylation sites is 2. The van der Waals surface area contributed by atoms with Crippen LogP contribution in [0.1, 0.15) is 17.4 Å². The number of H-pyrrole nitrogens is 1. The van der Waals surface area contributed by atoms with E-state index >= 15 is 0 Å². The van der Waals surface area contributed by atoms with Gasteiger partial charge in [0.15, 0.2) is 5.82 Å². The molecular weight excluding hydrogens is 528 g/mol. The van der Waals surface area contributed by atoms with Gasteiger partial charge in [-0.2, -0.15) is 0 Å². The van der Waals surface area contributed by atoms with Gasteiger partial charge in [0, 0.05) is 12.2 Å². The van der Waals surface area contributed by atoms with E-state index in [2.05, 4.69) is 25.9 Å². The summed E-state index contributed by atoms with van der Waals surface area (Å²) in [5, 5.41) is 17.9. The van der Waals surface area contributed by atoms with Gasteiger partial charge >= 0.3 is 0 Å². The minimum absolute atomic E-state index is 0.0500. The Morgan fingerprint density at radius 2 is 1.55 bits per heavy atom. The summed E-state index contributed by atoms with van der Waals surface area (Å²) in [6.07, 6.45) is 0. The molecule has 0 aliphatic heterocycles. The van der Waals surface area contributed by atoms with E-state index in [1.807, 2.05) is 89.8 Å². The van der Waals surface area contributed by atoms with E-state index in [9.17, 15) is 4.79 Å². The van der Waals surface area contributed by atoms with Crippen molar-refractivity contribution in [2.45, 2.75) is 12.6 Å². The van der Waals surface area contributed by atoms with Crippen molar-refractivity contribution in [3.05, 3.63) is 126 Å². The number of hydrogen-bond acceptors (Lipinski definition) is 7. The molecule has 0 spiro atoms. The molecule has 0 aliphatic carbocycles. The normalized spacial score (nSPS) is 11.7. The van der Waals surface area contributed by atoms with E-state index < -0.39 is 6.04 Å². The molecule has 10 heteroatoms. The summed E-state index contributed by atoms with van der Waals surface area (Å²) in [4.78, 5) is 15.2. The number of amides is 1. The molecule has 5 aromatic rings. The van der Waals surface area contributed by atoms with Crippen molar-refractivity contribution in [3.8, 4) is 17.2 Å². The summed E-state index contributed by atoms with van der Waals surface area (Å²) in [6, 6.07) is 33.3. The van der Waals surface area contributed by atoms with Gasteiger partial charge in [0.05, 0.1) is 11.6 Å². The van der Waals surface area contributed by atoms with Crippen LogP contribution in [0.3, 0.4) is 0 Å². The van der Waals surface area contributed by atoms with Crippen molar-refractivity contribution in [2.24, 2.45) is 0 Å². The molecule has 0 saturated heterocycles. The van der Waals surface area contributed by atoms with Crippen molar-refractivity contribution in [1.29, 1.82) is 0 Å². The number of nitrogens with zero attached hydrogens (tertiary/aromatic N) is 4. The third-order valence-corrected chi connectivity index (χ3v) is 6.36. The van der Waals surface area contributed by atoms with Gasteiger partial charge in [-0.1, -0.05) is 72.3 Å². The van der Waals surface area contributed by atoms with Crippen LogP contribution < -0.4 is 14.8 Å². The number of halogens is 1. The van der Waals surface area contributed by atoms with Crippen molar-refractivity contribution < 1.29 is 14.3 Å². The predicted molar refractivity (Wildman–Crippen MR) is 152 cm³/mol. The highest BCUT2D eigenvalue weighted by atomic mass is 35.5. The quantitative estimate of drug-likeness (QED) is 0.197. The van der Waals surface area contributed by atoms with E-state index in [4.69, 9.17) is 21.1 Å². The standard InChI is InChI=1S/C30H27ClN6O3/c31-26-13-7-8-14-28(26)39-21-27(30-33-35-36-34-30)37(19-22-9-3-1-4-10-22)20-29(38)32-23-15-17-25(18-16-23)40-24-11-5-2-6-12-24/h1-18,27H,19-21H2,(H,32,38)(H,33,34,35,36). The minimum Gasteiger partial charge on any atom is -0.490 e. The van der Waals surface area contributed by atoms with Gasteiger partial charge < -0.3 is 14.8 Å². The molecule has 0 radical (unpaired) electrons. The molecule has 40 heavy (non-hydrogen) atoms. The second-order valence-corrected chi connectivity index (χ2v) is 9.33. The molecule has 2 N–H and O–H groups in total. The molecule has 202 valence electrons. The summed E-state index contributed by atoms with van der Waals surface area (Å²) < 4.78 is 11.9. The Hall–Kier alpha value is -4.73. The maximum Gasteiger partial charge on any atom is 0.238 e. The molecule has 1 unspecified atom stereocenters. The molecule has 0 fully saturated rings. The lowest BCUT2D eigenvalue weighted by molar-refractivity contribution is -0.118. The van der Waals surface area contributed by atoms with Crippen molar-refractivity contribution in [3.63, 3.8) is 0 Å². The van der Waals surface area contributed by atoms with Crippen LogP contribution in [0.2, 0.25) is 5.02 Å². The third-order valence-electron chi connectivity index (χ3n) is 6.04. The number of carbonyl (C=O) groups excluding carboxylic acids is 1. The molecule has 1 aromatic heterocycles. The Labute approximate surface area is 236 Å². The maximum atomic E-state index is 13.3. The van der Waals surface area contributed by atoms with Gasteiger partial charge in [-0.05, 0) is 64.5 Å². The first-order valence-electron chi connectivity index (χ1n) is 12.7. The fraction of sp³-hybridized carbons (Fsp3) is 0.133. The molecule has 0 saturated carbocycles. The Morgan fingerprint density at radius 1 is 0.875 bits per heavy atom. The number of ether oxygens (including phenoxy) is 2. The van der Waals surface area contributed by atoms with E-state index in [1.54, 1.807) is 24.3 Å². The lowest BCUT2D eigenvalue weighted by atomic mass is 10.1. The molecular formula is C30H27ClN6O3. The second kappa shape index (κ2) is 13.4. The van der Waals surface area contributed by atoms with Gasteiger partial charge in [0.1, 0.15) is 29.9 Å². The first-order valence-corrected chi connectivity index (χ1v) is 13.0. The monoisotopic (exact) mass is 554 g/mol. The van der Waals surface area contributed by atoms with E-state index in [0.717, 1.165) is 11.3 Å². The summed E-state index contributed by atoms with van der Waals surface area (Å²) in [7, 11) is 0. The van der Waals surface area contributed by atoms with Crippen LogP contribution in [0, 0.1) is 0 Å². The summed E-state index contributed by atoms with van der Waals surface area (Å²) >= 11 is 6.31. The largest absolute Gasteiger partial charge is 0.490 e. The number of carbonyl (C=O) groups is 1. The van der Waals surface area contributed by atoms with Gasteiger partial charge in [0.2, 0.25) is 5.91 Å². The first kappa shape index (κ1) is 26.9.